The van der Waals surface area contributed by atoms with E-state index in [4.69, 9.17) is 0 Å². The first kappa shape index (κ1) is 13.4. The highest BCUT2D eigenvalue weighted by Gasteiger charge is 2.38. The topological polar surface area (TPSA) is 40.6 Å². The fourth-order valence-electron chi connectivity index (χ4n) is 2.50. The SMILES string of the molecule is CC1CC(=O)N(c2ccccc2)N(c2ccccc2)C1=O. The van der Waals surface area contributed by atoms with Crippen LogP contribution in [-0.2, 0) is 9.59 Å². The molecule has 1 aliphatic rings. The van der Waals surface area contributed by atoms with Gasteiger partial charge in [0.1, 0.15) is 0 Å². The number of nitrogens with zero attached hydrogens (tertiary/aromatic N) is 2. The van der Waals surface area contributed by atoms with Crippen LogP contribution in [-0.4, -0.2) is 11.8 Å². The first-order valence-electron chi connectivity index (χ1n) is 6.95. The van der Waals surface area contributed by atoms with Crippen LogP contribution in [0.25, 0.3) is 0 Å². The van der Waals surface area contributed by atoms with Crippen molar-refractivity contribution in [2.45, 2.75) is 13.3 Å². The molecule has 0 radical (unpaired) electrons. The van der Waals surface area contributed by atoms with Crippen molar-refractivity contribution in [3.8, 4) is 0 Å². The molecule has 3 rings (SSSR count). The molecule has 1 unspecified atom stereocenters. The average Bonchev–Trinajstić information content (AvgIpc) is 2.52. The molecule has 0 spiro atoms. The van der Waals surface area contributed by atoms with E-state index in [1.807, 2.05) is 60.7 Å². The van der Waals surface area contributed by atoms with Gasteiger partial charge in [-0.05, 0) is 24.3 Å². The van der Waals surface area contributed by atoms with Crippen LogP contribution in [0.3, 0.4) is 0 Å². The number of hydrogen-bond donors (Lipinski definition) is 0. The molecule has 4 nitrogen and oxygen atoms in total. The predicted molar refractivity (Wildman–Crippen MR) is 81.6 cm³/mol. The highest BCUT2D eigenvalue weighted by molar-refractivity contribution is 6.11. The molecule has 106 valence electrons. The van der Waals surface area contributed by atoms with E-state index < -0.39 is 0 Å². The van der Waals surface area contributed by atoms with Crippen molar-refractivity contribution in [3.05, 3.63) is 60.7 Å². The summed E-state index contributed by atoms with van der Waals surface area (Å²) in [4.78, 5) is 25.1. The van der Waals surface area contributed by atoms with Crippen LogP contribution in [0.5, 0.6) is 0 Å². The number of carbonyl (C=O) groups excluding carboxylic acids is 2. The highest BCUT2D eigenvalue weighted by Crippen LogP contribution is 2.30. The van der Waals surface area contributed by atoms with Gasteiger partial charge in [-0.15, -0.1) is 0 Å². The molecule has 2 aromatic carbocycles. The fourth-order valence-corrected chi connectivity index (χ4v) is 2.50. The summed E-state index contributed by atoms with van der Waals surface area (Å²) in [6.07, 6.45) is 0.233. The zero-order valence-electron chi connectivity index (χ0n) is 11.8. The highest BCUT2D eigenvalue weighted by atomic mass is 16.2. The summed E-state index contributed by atoms with van der Waals surface area (Å²) >= 11 is 0. The number of hydrazine groups is 1. The molecule has 1 aliphatic heterocycles. The predicted octanol–water partition coefficient (Wildman–Crippen LogP) is 3.01. The van der Waals surface area contributed by atoms with Crippen LogP contribution in [0.1, 0.15) is 13.3 Å². The van der Waals surface area contributed by atoms with Gasteiger partial charge in [-0.2, -0.15) is 0 Å². The van der Waals surface area contributed by atoms with Crippen molar-refractivity contribution < 1.29 is 9.59 Å². The number of carbonyl (C=O) groups is 2. The molecule has 1 heterocycles. The quantitative estimate of drug-likeness (QED) is 0.848. The second-order valence-corrected chi connectivity index (χ2v) is 5.13. The van der Waals surface area contributed by atoms with E-state index in [9.17, 15) is 9.59 Å². The summed E-state index contributed by atoms with van der Waals surface area (Å²) in [5.74, 6) is -0.445. The zero-order chi connectivity index (χ0) is 14.8. The van der Waals surface area contributed by atoms with Gasteiger partial charge in [-0.1, -0.05) is 43.3 Å². The lowest BCUT2D eigenvalue weighted by molar-refractivity contribution is -0.131. The van der Waals surface area contributed by atoms with Gasteiger partial charge in [-0.25, -0.2) is 10.0 Å². The Balaban J connectivity index is 2.09. The number of anilines is 2. The fraction of sp³-hybridized carbons (Fsp3) is 0.176. The summed E-state index contributed by atoms with van der Waals surface area (Å²) in [6, 6.07) is 18.5. The average molecular weight is 280 g/mol. The van der Waals surface area contributed by atoms with Crippen LogP contribution in [0.15, 0.2) is 60.7 Å². The Hall–Kier alpha value is -2.62. The Morgan fingerprint density at radius 2 is 1.29 bits per heavy atom. The first-order valence-corrected chi connectivity index (χ1v) is 6.95. The van der Waals surface area contributed by atoms with E-state index >= 15 is 0 Å². The van der Waals surface area contributed by atoms with Crippen molar-refractivity contribution in [3.63, 3.8) is 0 Å². The number of amides is 2. The molecule has 0 bridgehead atoms. The van der Waals surface area contributed by atoms with Crippen LogP contribution in [0.4, 0.5) is 11.4 Å². The Kier molecular flexibility index (Phi) is 3.44. The Bertz CT molecular complexity index is 655. The molecule has 0 N–H and O–H groups in total. The maximum atomic E-state index is 12.6. The lowest BCUT2D eigenvalue weighted by Gasteiger charge is -2.40. The van der Waals surface area contributed by atoms with Gasteiger partial charge in [0.2, 0.25) is 11.8 Å². The van der Waals surface area contributed by atoms with Gasteiger partial charge in [0.05, 0.1) is 11.4 Å². The molecule has 0 aliphatic carbocycles. The second kappa shape index (κ2) is 5.40. The van der Waals surface area contributed by atoms with Crippen LogP contribution in [0.2, 0.25) is 0 Å². The second-order valence-electron chi connectivity index (χ2n) is 5.13. The third kappa shape index (κ3) is 2.40. The molecular formula is C17H16N2O2. The number of benzene rings is 2. The third-order valence-electron chi connectivity index (χ3n) is 3.55. The van der Waals surface area contributed by atoms with Crippen LogP contribution >= 0.6 is 0 Å². The third-order valence-corrected chi connectivity index (χ3v) is 3.55. The van der Waals surface area contributed by atoms with Gasteiger partial charge < -0.3 is 0 Å². The molecule has 21 heavy (non-hydrogen) atoms. The van der Waals surface area contributed by atoms with E-state index in [0.717, 1.165) is 0 Å². The maximum Gasteiger partial charge on any atom is 0.249 e. The largest absolute Gasteiger partial charge is 0.273 e. The minimum absolute atomic E-state index is 0.0651. The molecule has 2 aromatic rings. The Labute approximate surface area is 123 Å². The van der Waals surface area contributed by atoms with Crippen molar-refractivity contribution >= 4 is 23.2 Å². The first-order chi connectivity index (χ1) is 10.2. The minimum atomic E-state index is -0.308. The van der Waals surface area contributed by atoms with Crippen molar-refractivity contribution in [2.75, 3.05) is 10.0 Å². The van der Waals surface area contributed by atoms with E-state index in [1.54, 1.807) is 6.92 Å². The zero-order valence-corrected chi connectivity index (χ0v) is 11.8. The maximum absolute atomic E-state index is 12.6. The van der Waals surface area contributed by atoms with E-state index in [1.165, 1.54) is 10.0 Å². The number of para-hydroxylation sites is 2. The summed E-state index contributed by atoms with van der Waals surface area (Å²) in [5.41, 5.74) is 1.40. The minimum Gasteiger partial charge on any atom is -0.273 e. The molecular weight excluding hydrogens is 264 g/mol. The Morgan fingerprint density at radius 1 is 0.810 bits per heavy atom. The standard InChI is InChI=1S/C17H16N2O2/c1-13-12-16(20)18(14-8-4-2-5-9-14)19(17(13)21)15-10-6-3-7-11-15/h2-11,13H,12H2,1H3. The summed E-state index contributed by atoms with van der Waals surface area (Å²) in [5, 5.41) is 2.95. The van der Waals surface area contributed by atoms with Gasteiger partial charge in [0.25, 0.3) is 0 Å². The lowest BCUT2D eigenvalue weighted by Crippen LogP contribution is -2.57. The Morgan fingerprint density at radius 3 is 1.81 bits per heavy atom. The van der Waals surface area contributed by atoms with Crippen molar-refractivity contribution in [1.29, 1.82) is 0 Å². The molecule has 4 heteroatoms. The summed E-state index contributed by atoms with van der Waals surface area (Å²) in [7, 11) is 0. The van der Waals surface area contributed by atoms with Gasteiger partial charge in [-0.3, -0.25) is 9.59 Å². The molecule has 1 saturated heterocycles. The lowest BCUT2D eigenvalue weighted by atomic mass is 10.0. The van der Waals surface area contributed by atoms with E-state index in [2.05, 4.69) is 0 Å². The normalized spacial score (nSPS) is 19.0. The molecule has 0 saturated carbocycles. The number of hydrogen-bond acceptors (Lipinski definition) is 2. The van der Waals surface area contributed by atoms with E-state index in [0.29, 0.717) is 11.4 Å². The summed E-state index contributed by atoms with van der Waals surface area (Å²) in [6.45, 7) is 1.79. The van der Waals surface area contributed by atoms with Gasteiger partial charge in [0.15, 0.2) is 0 Å². The van der Waals surface area contributed by atoms with Gasteiger partial charge in [0, 0.05) is 12.3 Å². The molecule has 0 aromatic heterocycles. The molecule has 1 fully saturated rings. The molecule has 1 atom stereocenters. The smallest absolute Gasteiger partial charge is 0.249 e. The molecule has 2 amide bonds. The van der Waals surface area contributed by atoms with Crippen molar-refractivity contribution in [1.82, 2.24) is 0 Å². The van der Waals surface area contributed by atoms with Gasteiger partial charge >= 0.3 is 0 Å². The van der Waals surface area contributed by atoms with Crippen LogP contribution in [0, 0.1) is 5.92 Å². The van der Waals surface area contributed by atoms with E-state index in [-0.39, 0.29) is 24.2 Å². The van der Waals surface area contributed by atoms with Crippen LogP contribution < -0.4 is 10.0 Å². The summed E-state index contributed by atoms with van der Waals surface area (Å²) < 4.78 is 0. The monoisotopic (exact) mass is 280 g/mol. The number of rotatable bonds is 2. The van der Waals surface area contributed by atoms with Crippen molar-refractivity contribution in [2.24, 2.45) is 5.92 Å².